The molecule has 0 amide bonds. The summed E-state index contributed by atoms with van der Waals surface area (Å²) in [6.07, 6.45) is 2.36. The van der Waals surface area contributed by atoms with Crippen molar-refractivity contribution in [3.63, 3.8) is 0 Å². The number of hydrogen-bond acceptors (Lipinski definition) is 5. The number of carbonyl (C=O) groups excluding carboxylic acids is 1. The highest BCUT2D eigenvalue weighted by atomic mass is 32.2. The van der Waals surface area contributed by atoms with Gasteiger partial charge in [-0.1, -0.05) is 19.1 Å². The number of anilines is 2. The third-order valence-electron chi connectivity index (χ3n) is 3.02. The molecule has 112 valence electrons. The number of halogens is 1. The maximum absolute atomic E-state index is 13.2. The minimum absolute atomic E-state index is 0.0478. The highest BCUT2D eigenvalue weighted by Gasteiger charge is 2.19. The molecule has 0 saturated carbocycles. The first-order valence-electron chi connectivity index (χ1n) is 6.54. The number of thioether (sulfide) groups is 1. The van der Waals surface area contributed by atoms with Gasteiger partial charge in [0.25, 0.3) is 0 Å². The number of rotatable bonds is 6. The lowest BCUT2D eigenvalue weighted by atomic mass is 10.2. The first-order valence-corrected chi connectivity index (χ1v) is 8.58. The van der Waals surface area contributed by atoms with Gasteiger partial charge in [0.2, 0.25) is 0 Å². The molecule has 0 atom stereocenters. The second kappa shape index (κ2) is 6.95. The van der Waals surface area contributed by atoms with Gasteiger partial charge in [0.05, 0.1) is 15.5 Å². The van der Waals surface area contributed by atoms with E-state index < -0.39 is 0 Å². The lowest BCUT2D eigenvalue weighted by Gasteiger charge is -2.06. The summed E-state index contributed by atoms with van der Waals surface area (Å²) in [5, 5.41) is 4.11. The summed E-state index contributed by atoms with van der Waals surface area (Å²) in [7, 11) is 0. The van der Waals surface area contributed by atoms with Gasteiger partial charge in [0, 0.05) is 13.0 Å². The number of benzene rings is 1. The normalized spacial score (nSPS) is 10.6. The van der Waals surface area contributed by atoms with Gasteiger partial charge in [-0.25, -0.2) is 4.39 Å². The summed E-state index contributed by atoms with van der Waals surface area (Å²) in [6.45, 7) is 2.31. The Morgan fingerprint density at radius 1 is 1.48 bits per heavy atom. The molecule has 0 aliphatic rings. The lowest BCUT2D eigenvalue weighted by molar-refractivity contribution is 0.0992. The van der Waals surface area contributed by atoms with Crippen molar-refractivity contribution in [3.8, 4) is 0 Å². The van der Waals surface area contributed by atoms with E-state index in [9.17, 15) is 9.18 Å². The van der Waals surface area contributed by atoms with E-state index in [4.69, 9.17) is 5.73 Å². The molecule has 21 heavy (non-hydrogen) atoms. The van der Waals surface area contributed by atoms with Gasteiger partial charge in [0.1, 0.15) is 10.8 Å². The quantitative estimate of drug-likeness (QED) is 0.611. The Morgan fingerprint density at radius 3 is 2.86 bits per heavy atom. The maximum Gasteiger partial charge on any atom is 0.174 e. The molecule has 0 unspecified atom stereocenters. The van der Waals surface area contributed by atoms with E-state index in [2.05, 4.69) is 5.32 Å². The Balaban J connectivity index is 2.21. The number of Topliss-reactive ketones (excluding diaryl/α,β-unsaturated/α-hetero) is 1. The van der Waals surface area contributed by atoms with Crippen LogP contribution in [0.2, 0.25) is 0 Å². The van der Waals surface area contributed by atoms with Crippen LogP contribution in [0.1, 0.15) is 28.6 Å². The number of ketones is 1. The second-order valence-electron chi connectivity index (χ2n) is 4.47. The Bertz CT molecular complexity index is 655. The summed E-state index contributed by atoms with van der Waals surface area (Å²) in [4.78, 5) is 13.4. The van der Waals surface area contributed by atoms with E-state index in [0.29, 0.717) is 23.5 Å². The number of hydrogen-bond donors (Lipinski definition) is 2. The number of carbonyl (C=O) groups is 1. The van der Waals surface area contributed by atoms with E-state index in [1.165, 1.54) is 35.2 Å². The minimum Gasteiger partial charge on any atom is -0.396 e. The summed E-state index contributed by atoms with van der Waals surface area (Å²) in [5.41, 5.74) is 7.44. The largest absolute Gasteiger partial charge is 0.396 e. The molecule has 0 fully saturated rings. The zero-order valence-corrected chi connectivity index (χ0v) is 13.5. The van der Waals surface area contributed by atoms with Gasteiger partial charge in [-0.2, -0.15) is 0 Å². The molecule has 2 rings (SSSR count). The van der Waals surface area contributed by atoms with Crippen molar-refractivity contribution in [3.05, 3.63) is 40.5 Å². The summed E-state index contributed by atoms with van der Waals surface area (Å²) in [5.74, 6) is -0.210. The predicted octanol–water partition coefficient (Wildman–Crippen LogP) is 4.40. The fourth-order valence-electron chi connectivity index (χ4n) is 1.94. The summed E-state index contributed by atoms with van der Waals surface area (Å²) < 4.78 is 13.2. The molecule has 0 bridgehead atoms. The Kier molecular flexibility index (Phi) is 5.25. The van der Waals surface area contributed by atoms with Gasteiger partial charge in [-0.3, -0.25) is 4.79 Å². The molecule has 6 heteroatoms. The van der Waals surface area contributed by atoms with Crippen LogP contribution in [0.25, 0.3) is 0 Å². The van der Waals surface area contributed by atoms with Crippen LogP contribution in [0.5, 0.6) is 0 Å². The third kappa shape index (κ3) is 3.57. The zero-order chi connectivity index (χ0) is 15.4. The van der Waals surface area contributed by atoms with Crippen molar-refractivity contribution in [2.24, 2.45) is 0 Å². The number of thiophene rings is 1. The van der Waals surface area contributed by atoms with Crippen molar-refractivity contribution in [1.82, 2.24) is 0 Å². The summed E-state index contributed by atoms with van der Waals surface area (Å²) >= 11 is 2.87. The van der Waals surface area contributed by atoms with Crippen LogP contribution in [-0.4, -0.2) is 12.0 Å². The predicted molar refractivity (Wildman–Crippen MR) is 88.9 cm³/mol. The number of nitrogen functional groups attached to an aromatic ring is 1. The molecular weight excluding hydrogens is 307 g/mol. The van der Waals surface area contributed by atoms with Crippen LogP contribution < -0.4 is 11.1 Å². The number of nitrogens with two attached hydrogens (primary N) is 1. The van der Waals surface area contributed by atoms with Crippen LogP contribution in [0, 0.1) is 5.82 Å². The Morgan fingerprint density at radius 2 is 2.24 bits per heavy atom. The second-order valence-corrected chi connectivity index (χ2v) is 6.30. The SMILES string of the molecule is CCC(=O)c1sc(NCc2cccc(F)c2)c(SC)c1N. The molecular formula is C15H17FN2OS2. The molecule has 0 radical (unpaired) electrons. The van der Waals surface area contributed by atoms with Gasteiger partial charge >= 0.3 is 0 Å². The molecule has 3 nitrogen and oxygen atoms in total. The first-order chi connectivity index (χ1) is 10.1. The van der Waals surface area contributed by atoms with Crippen LogP contribution in [0.3, 0.4) is 0 Å². The topological polar surface area (TPSA) is 55.1 Å². The zero-order valence-electron chi connectivity index (χ0n) is 11.9. The molecule has 2 aromatic rings. The third-order valence-corrected chi connectivity index (χ3v) is 5.19. The first kappa shape index (κ1) is 15.9. The van der Waals surface area contributed by atoms with E-state index in [1.54, 1.807) is 6.07 Å². The highest BCUT2D eigenvalue weighted by Crippen LogP contribution is 2.42. The van der Waals surface area contributed by atoms with E-state index in [-0.39, 0.29) is 11.6 Å². The Labute approximate surface area is 131 Å². The van der Waals surface area contributed by atoms with Crippen LogP contribution in [-0.2, 0) is 6.54 Å². The van der Waals surface area contributed by atoms with Crippen molar-refractivity contribution in [1.29, 1.82) is 0 Å². The molecule has 1 heterocycles. The fraction of sp³-hybridized carbons (Fsp3) is 0.267. The van der Waals surface area contributed by atoms with Gasteiger partial charge in [0.15, 0.2) is 5.78 Å². The van der Waals surface area contributed by atoms with Crippen molar-refractivity contribution >= 4 is 39.6 Å². The van der Waals surface area contributed by atoms with Crippen molar-refractivity contribution in [2.45, 2.75) is 24.8 Å². The van der Waals surface area contributed by atoms with Gasteiger partial charge in [-0.15, -0.1) is 23.1 Å². The van der Waals surface area contributed by atoms with E-state index in [0.717, 1.165) is 15.5 Å². The maximum atomic E-state index is 13.2. The standard InChI is InChI=1S/C15H17FN2OS2/c1-3-11(19)13-12(17)14(20-2)15(21-13)18-8-9-5-4-6-10(16)7-9/h4-7,18H,3,8,17H2,1-2H3. The minimum atomic E-state index is -0.257. The van der Waals surface area contributed by atoms with E-state index in [1.807, 2.05) is 19.2 Å². The Hall–Kier alpha value is -1.53. The molecule has 0 saturated heterocycles. The van der Waals surface area contributed by atoms with E-state index >= 15 is 0 Å². The van der Waals surface area contributed by atoms with Crippen molar-refractivity contribution in [2.75, 3.05) is 17.3 Å². The highest BCUT2D eigenvalue weighted by molar-refractivity contribution is 7.99. The van der Waals surface area contributed by atoms with Crippen LogP contribution >= 0.6 is 23.1 Å². The molecule has 0 aliphatic heterocycles. The van der Waals surface area contributed by atoms with Crippen molar-refractivity contribution < 1.29 is 9.18 Å². The summed E-state index contributed by atoms with van der Waals surface area (Å²) in [6, 6.07) is 6.43. The average Bonchev–Trinajstić information content (AvgIpc) is 2.80. The number of nitrogens with one attached hydrogen (secondary N) is 1. The van der Waals surface area contributed by atoms with Crippen LogP contribution in [0.4, 0.5) is 15.1 Å². The monoisotopic (exact) mass is 324 g/mol. The van der Waals surface area contributed by atoms with Gasteiger partial charge in [-0.05, 0) is 24.0 Å². The molecule has 0 spiro atoms. The average molecular weight is 324 g/mol. The molecule has 3 N–H and O–H groups in total. The molecule has 0 aliphatic carbocycles. The lowest BCUT2D eigenvalue weighted by Crippen LogP contribution is -1.99. The fourth-order valence-corrected chi connectivity index (χ4v) is 3.99. The van der Waals surface area contributed by atoms with Crippen LogP contribution in [0.15, 0.2) is 29.2 Å². The smallest absolute Gasteiger partial charge is 0.174 e. The molecule has 1 aromatic heterocycles. The van der Waals surface area contributed by atoms with Gasteiger partial charge < -0.3 is 11.1 Å². The molecule has 1 aromatic carbocycles.